The van der Waals surface area contributed by atoms with Crippen LogP contribution in [0.2, 0.25) is 0 Å². The van der Waals surface area contributed by atoms with Crippen molar-refractivity contribution in [2.45, 2.75) is 13.8 Å². The largest absolute Gasteiger partial charge is 0.603 e. The van der Waals surface area contributed by atoms with Crippen LogP contribution in [0.15, 0.2) is 48.5 Å². The van der Waals surface area contributed by atoms with Crippen LogP contribution in [0.1, 0.15) is 13.8 Å². The van der Waals surface area contributed by atoms with Crippen LogP contribution in [-0.4, -0.2) is 22.0 Å². The van der Waals surface area contributed by atoms with Crippen molar-refractivity contribution in [2.75, 3.05) is 13.2 Å². The van der Waals surface area contributed by atoms with Crippen LogP contribution in [0.4, 0.5) is 0 Å². The molecular formula is C16H18O3Si. The molecule has 0 saturated heterocycles. The molecule has 0 N–H and O–H groups in total. The van der Waals surface area contributed by atoms with E-state index in [0.717, 1.165) is 22.1 Å². The lowest BCUT2D eigenvalue weighted by atomic mass is 10.0. The van der Waals surface area contributed by atoms with Gasteiger partial charge in [0.2, 0.25) is 0 Å². The van der Waals surface area contributed by atoms with E-state index in [0.29, 0.717) is 13.2 Å². The molecular weight excluding hydrogens is 268 g/mol. The van der Waals surface area contributed by atoms with E-state index in [2.05, 4.69) is 18.2 Å². The molecule has 1 aliphatic rings. The highest BCUT2D eigenvalue weighted by Crippen LogP contribution is 2.36. The standard InChI is InChI=1S/C16H18O3Si/c1-3-17-20(18-4-2)16-12-8-6-10-14(16)13-9-5-7-11-15(13)19-20/h5-12H,3-4H2,1-2H3. The number of para-hydroxylation sites is 1. The highest BCUT2D eigenvalue weighted by atomic mass is 28.4. The predicted octanol–water partition coefficient (Wildman–Crippen LogP) is 2.96. The number of rotatable bonds is 4. The van der Waals surface area contributed by atoms with Gasteiger partial charge in [-0.15, -0.1) is 0 Å². The Morgan fingerprint density at radius 2 is 1.45 bits per heavy atom. The molecule has 0 amide bonds. The second kappa shape index (κ2) is 5.40. The number of hydrogen-bond acceptors (Lipinski definition) is 3. The number of fused-ring (bicyclic) bond motifs is 3. The van der Waals surface area contributed by atoms with Gasteiger partial charge in [0.1, 0.15) is 5.75 Å². The predicted molar refractivity (Wildman–Crippen MR) is 81.1 cm³/mol. The average Bonchev–Trinajstić information content (AvgIpc) is 2.48. The highest BCUT2D eigenvalue weighted by molar-refractivity contribution is 6.78. The zero-order chi connectivity index (χ0) is 14.0. The fourth-order valence-electron chi connectivity index (χ4n) is 2.60. The van der Waals surface area contributed by atoms with Gasteiger partial charge in [-0.1, -0.05) is 42.5 Å². The van der Waals surface area contributed by atoms with Gasteiger partial charge in [-0.2, -0.15) is 0 Å². The summed E-state index contributed by atoms with van der Waals surface area (Å²) in [5, 5.41) is 1.06. The van der Waals surface area contributed by atoms with Crippen molar-refractivity contribution < 1.29 is 13.3 Å². The van der Waals surface area contributed by atoms with Crippen molar-refractivity contribution >= 4 is 14.0 Å². The van der Waals surface area contributed by atoms with Crippen molar-refractivity contribution in [1.29, 1.82) is 0 Å². The maximum atomic E-state index is 6.22. The highest BCUT2D eigenvalue weighted by Gasteiger charge is 2.50. The Bertz CT molecular complexity index is 606. The maximum absolute atomic E-state index is 6.22. The first-order chi connectivity index (χ1) is 9.80. The fraction of sp³-hybridized carbons (Fsp3) is 0.250. The van der Waals surface area contributed by atoms with Crippen LogP contribution in [0, 0.1) is 0 Å². The fourth-order valence-corrected chi connectivity index (χ4v) is 5.30. The van der Waals surface area contributed by atoms with Crippen molar-refractivity contribution in [3.05, 3.63) is 48.5 Å². The minimum Gasteiger partial charge on any atom is -0.497 e. The number of benzene rings is 2. The van der Waals surface area contributed by atoms with E-state index < -0.39 is 8.80 Å². The Hall–Kier alpha value is -1.62. The second-order valence-corrected chi connectivity index (χ2v) is 7.00. The molecule has 0 radical (unpaired) electrons. The Morgan fingerprint density at radius 3 is 2.15 bits per heavy atom. The first-order valence-electron chi connectivity index (χ1n) is 6.96. The second-order valence-electron chi connectivity index (χ2n) is 4.57. The summed E-state index contributed by atoms with van der Waals surface area (Å²) in [5.74, 6) is 0.847. The zero-order valence-corrected chi connectivity index (χ0v) is 12.8. The van der Waals surface area contributed by atoms with E-state index in [4.69, 9.17) is 13.3 Å². The molecule has 4 heteroatoms. The summed E-state index contributed by atoms with van der Waals surface area (Å²) in [7, 11) is -2.85. The summed E-state index contributed by atoms with van der Waals surface area (Å²) >= 11 is 0. The van der Waals surface area contributed by atoms with Crippen LogP contribution >= 0.6 is 0 Å². The Balaban J connectivity index is 2.21. The van der Waals surface area contributed by atoms with Gasteiger partial charge in [-0.05, 0) is 25.5 Å². The quantitative estimate of drug-likeness (QED) is 0.809. The van der Waals surface area contributed by atoms with Crippen LogP contribution in [-0.2, 0) is 8.85 Å². The average molecular weight is 286 g/mol. The van der Waals surface area contributed by atoms with Crippen molar-refractivity contribution in [2.24, 2.45) is 0 Å². The van der Waals surface area contributed by atoms with E-state index >= 15 is 0 Å². The summed E-state index contributed by atoms with van der Waals surface area (Å²) < 4.78 is 18.2. The molecule has 0 bridgehead atoms. The van der Waals surface area contributed by atoms with Crippen LogP contribution < -0.4 is 9.61 Å². The van der Waals surface area contributed by atoms with Crippen molar-refractivity contribution in [3.63, 3.8) is 0 Å². The third-order valence-corrected chi connectivity index (χ3v) is 6.27. The number of hydrogen-bond donors (Lipinski definition) is 0. The Labute approximate surface area is 120 Å². The minimum atomic E-state index is -2.85. The van der Waals surface area contributed by atoms with Gasteiger partial charge in [0, 0.05) is 24.0 Å². The summed E-state index contributed by atoms with van der Waals surface area (Å²) in [6, 6.07) is 16.3. The molecule has 104 valence electrons. The smallest absolute Gasteiger partial charge is 0.497 e. The summed E-state index contributed by atoms with van der Waals surface area (Å²) in [4.78, 5) is 0. The van der Waals surface area contributed by atoms with Crippen LogP contribution in [0.25, 0.3) is 11.1 Å². The summed E-state index contributed by atoms with van der Waals surface area (Å²) in [6.07, 6.45) is 0. The molecule has 0 fully saturated rings. The summed E-state index contributed by atoms with van der Waals surface area (Å²) in [6.45, 7) is 5.09. The molecule has 0 spiro atoms. The third-order valence-electron chi connectivity index (χ3n) is 3.35. The first kappa shape index (κ1) is 13.4. The maximum Gasteiger partial charge on any atom is 0.603 e. The molecule has 3 rings (SSSR count). The van der Waals surface area contributed by atoms with Gasteiger partial charge in [0.15, 0.2) is 0 Å². The first-order valence-corrected chi connectivity index (χ1v) is 8.69. The van der Waals surface area contributed by atoms with E-state index in [1.807, 2.05) is 44.2 Å². The molecule has 20 heavy (non-hydrogen) atoms. The van der Waals surface area contributed by atoms with E-state index in [9.17, 15) is 0 Å². The Morgan fingerprint density at radius 1 is 0.850 bits per heavy atom. The molecule has 3 nitrogen and oxygen atoms in total. The van der Waals surface area contributed by atoms with Crippen molar-refractivity contribution in [1.82, 2.24) is 0 Å². The van der Waals surface area contributed by atoms with Gasteiger partial charge in [-0.25, -0.2) is 0 Å². The van der Waals surface area contributed by atoms with Gasteiger partial charge < -0.3 is 13.3 Å². The van der Waals surface area contributed by atoms with E-state index in [-0.39, 0.29) is 0 Å². The van der Waals surface area contributed by atoms with Crippen LogP contribution in [0.3, 0.4) is 0 Å². The third kappa shape index (κ3) is 2.06. The molecule has 1 heterocycles. The minimum absolute atomic E-state index is 0.572. The van der Waals surface area contributed by atoms with Gasteiger partial charge in [-0.3, -0.25) is 0 Å². The Kier molecular flexibility index (Phi) is 3.61. The normalized spacial score (nSPS) is 15.1. The topological polar surface area (TPSA) is 27.7 Å². The molecule has 0 aliphatic carbocycles. The zero-order valence-electron chi connectivity index (χ0n) is 11.8. The van der Waals surface area contributed by atoms with Gasteiger partial charge in [0.25, 0.3) is 0 Å². The molecule has 0 aromatic heterocycles. The van der Waals surface area contributed by atoms with Crippen molar-refractivity contribution in [3.8, 4) is 16.9 Å². The monoisotopic (exact) mass is 286 g/mol. The van der Waals surface area contributed by atoms with E-state index in [1.165, 1.54) is 0 Å². The lowest BCUT2D eigenvalue weighted by Crippen LogP contribution is -2.61. The van der Waals surface area contributed by atoms with E-state index in [1.54, 1.807) is 0 Å². The molecule has 0 saturated carbocycles. The lowest BCUT2D eigenvalue weighted by molar-refractivity contribution is 0.131. The molecule has 0 unspecified atom stereocenters. The van der Waals surface area contributed by atoms with Gasteiger partial charge >= 0.3 is 8.80 Å². The lowest BCUT2D eigenvalue weighted by Gasteiger charge is -2.35. The molecule has 2 aromatic rings. The molecule has 0 atom stereocenters. The van der Waals surface area contributed by atoms with Crippen LogP contribution in [0.5, 0.6) is 5.75 Å². The SMILES string of the molecule is CCO[Si]1(OCC)Oc2ccccc2-c2ccccc21. The molecule has 1 aliphatic heterocycles. The molecule has 2 aromatic carbocycles. The van der Waals surface area contributed by atoms with Gasteiger partial charge in [0.05, 0.1) is 0 Å². The summed E-state index contributed by atoms with van der Waals surface area (Å²) in [5.41, 5.74) is 2.26.